The maximum Gasteiger partial charge on any atom is 0.331 e. The van der Waals surface area contributed by atoms with Gasteiger partial charge in [0, 0.05) is 6.04 Å². The Bertz CT molecular complexity index is 717. The first-order valence-corrected chi connectivity index (χ1v) is 7.23. The number of aromatic amines is 1. The van der Waals surface area contributed by atoms with Crippen molar-refractivity contribution in [3.63, 3.8) is 0 Å². The second kappa shape index (κ2) is 6.43. The number of hydrogen-bond acceptors (Lipinski definition) is 3. The van der Waals surface area contributed by atoms with Gasteiger partial charge in [-0.2, -0.15) is 0 Å². The second-order valence-corrected chi connectivity index (χ2v) is 5.04. The lowest BCUT2D eigenvalue weighted by Crippen LogP contribution is -2.33. The predicted molar refractivity (Wildman–Crippen MR) is 82.7 cm³/mol. The maximum absolute atomic E-state index is 12.1. The molecular weight excluding hydrogens is 268 g/mol. The van der Waals surface area contributed by atoms with Crippen molar-refractivity contribution in [2.75, 3.05) is 0 Å². The fourth-order valence-corrected chi connectivity index (χ4v) is 2.59. The zero-order valence-electron chi connectivity index (χ0n) is 12.3. The summed E-state index contributed by atoms with van der Waals surface area (Å²) in [5.74, 6) is -0.254. The van der Waals surface area contributed by atoms with E-state index in [1.54, 1.807) is 24.3 Å². The van der Waals surface area contributed by atoms with E-state index in [1.165, 1.54) is 4.57 Å². The van der Waals surface area contributed by atoms with Gasteiger partial charge in [-0.15, -0.1) is 0 Å². The number of H-pyrrole nitrogens is 1. The fourth-order valence-electron chi connectivity index (χ4n) is 2.59. The number of rotatable bonds is 5. The zero-order chi connectivity index (χ0) is 15.4. The minimum absolute atomic E-state index is 0.123. The van der Waals surface area contributed by atoms with E-state index in [9.17, 15) is 14.7 Å². The summed E-state index contributed by atoms with van der Waals surface area (Å²) in [5.41, 5.74) is -0.384. The van der Waals surface area contributed by atoms with Gasteiger partial charge in [0.1, 0.15) is 5.56 Å². The molecule has 1 heterocycles. The lowest BCUT2D eigenvalue weighted by molar-refractivity contribution is 0.343. The molecule has 1 atom stereocenters. The average Bonchev–Trinajstić information content (AvgIpc) is 2.47. The van der Waals surface area contributed by atoms with Crippen molar-refractivity contribution in [1.29, 1.82) is 0 Å². The van der Waals surface area contributed by atoms with Crippen LogP contribution in [0.2, 0.25) is 0 Å². The summed E-state index contributed by atoms with van der Waals surface area (Å²) >= 11 is 0. The van der Waals surface area contributed by atoms with Crippen LogP contribution < -0.4 is 11.2 Å². The van der Waals surface area contributed by atoms with Gasteiger partial charge in [-0.25, -0.2) is 4.79 Å². The van der Waals surface area contributed by atoms with Gasteiger partial charge in [0.25, 0.3) is 5.56 Å². The topological polar surface area (TPSA) is 75.1 Å². The number of aromatic hydroxyl groups is 1. The van der Waals surface area contributed by atoms with Gasteiger partial charge in [0.2, 0.25) is 5.88 Å². The molecule has 5 nitrogen and oxygen atoms in total. The average molecular weight is 288 g/mol. The van der Waals surface area contributed by atoms with Gasteiger partial charge in [-0.3, -0.25) is 14.3 Å². The standard InChI is InChI=1S/C16H20N2O3/c1-3-8-12(4-2)18-15(20)13(14(19)17-16(18)21)11-9-6-5-7-10-11/h5-7,9-10,12,20H,3-4,8H2,1-2H3,(H,17,19,21). The Kier molecular flexibility index (Phi) is 4.62. The van der Waals surface area contributed by atoms with Gasteiger partial charge >= 0.3 is 5.69 Å². The zero-order valence-corrected chi connectivity index (χ0v) is 12.3. The van der Waals surface area contributed by atoms with Crippen LogP contribution in [-0.2, 0) is 0 Å². The summed E-state index contributed by atoms with van der Waals surface area (Å²) < 4.78 is 1.30. The molecule has 0 bridgehead atoms. The van der Waals surface area contributed by atoms with Crippen LogP contribution in [0, 0.1) is 0 Å². The number of nitrogens with one attached hydrogen (secondary N) is 1. The highest BCUT2D eigenvalue weighted by molar-refractivity contribution is 5.67. The van der Waals surface area contributed by atoms with Crippen molar-refractivity contribution in [1.82, 2.24) is 9.55 Å². The molecule has 112 valence electrons. The molecule has 21 heavy (non-hydrogen) atoms. The normalized spacial score (nSPS) is 12.3. The summed E-state index contributed by atoms with van der Waals surface area (Å²) in [6, 6.07) is 8.75. The number of nitrogens with zero attached hydrogens (tertiary/aromatic N) is 1. The first-order valence-electron chi connectivity index (χ1n) is 7.23. The molecule has 0 aliphatic heterocycles. The third kappa shape index (κ3) is 2.91. The van der Waals surface area contributed by atoms with E-state index in [2.05, 4.69) is 4.98 Å². The molecule has 0 amide bonds. The van der Waals surface area contributed by atoms with E-state index in [0.29, 0.717) is 12.0 Å². The number of aromatic nitrogens is 2. The molecule has 0 radical (unpaired) electrons. The fraction of sp³-hybridized carbons (Fsp3) is 0.375. The summed E-state index contributed by atoms with van der Waals surface area (Å²) in [6.07, 6.45) is 2.37. The molecule has 0 saturated carbocycles. The van der Waals surface area contributed by atoms with E-state index in [4.69, 9.17) is 0 Å². The second-order valence-electron chi connectivity index (χ2n) is 5.04. The molecule has 0 aliphatic carbocycles. The van der Waals surface area contributed by atoms with Crippen LogP contribution in [0.5, 0.6) is 5.88 Å². The van der Waals surface area contributed by atoms with Crippen molar-refractivity contribution in [3.05, 3.63) is 51.2 Å². The number of hydrogen-bond donors (Lipinski definition) is 2. The van der Waals surface area contributed by atoms with Gasteiger partial charge in [0.05, 0.1) is 0 Å². The van der Waals surface area contributed by atoms with Gasteiger partial charge < -0.3 is 5.11 Å². The van der Waals surface area contributed by atoms with Crippen LogP contribution in [0.3, 0.4) is 0 Å². The third-order valence-electron chi connectivity index (χ3n) is 3.64. The molecule has 0 fully saturated rings. The van der Waals surface area contributed by atoms with E-state index in [-0.39, 0.29) is 17.5 Å². The van der Waals surface area contributed by atoms with Crippen molar-refractivity contribution in [2.24, 2.45) is 0 Å². The lowest BCUT2D eigenvalue weighted by atomic mass is 10.1. The van der Waals surface area contributed by atoms with Crippen LogP contribution >= 0.6 is 0 Å². The van der Waals surface area contributed by atoms with Crippen LogP contribution in [0.15, 0.2) is 39.9 Å². The summed E-state index contributed by atoms with van der Waals surface area (Å²) in [6.45, 7) is 3.98. The van der Waals surface area contributed by atoms with E-state index >= 15 is 0 Å². The molecule has 5 heteroatoms. The highest BCUT2D eigenvalue weighted by atomic mass is 16.3. The monoisotopic (exact) mass is 288 g/mol. The molecular formula is C16H20N2O3. The highest BCUT2D eigenvalue weighted by Gasteiger charge is 2.20. The molecule has 0 aliphatic rings. The first-order chi connectivity index (χ1) is 10.1. The minimum Gasteiger partial charge on any atom is -0.494 e. The van der Waals surface area contributed by atoms with Gasteiger partial charge in [-0.05, 0) is 18.4 Å². The first kappa shape index (κ1) is 15.1. The van der Waals surface area contributed by atoms with Crippen LogP contribution in [0.1, 0.15) is 39.2 Å². The Hall–Kier alpha value is -2.30. The Morgan fingerprint density at radius 2 is 1.86 bits per heavy atom. The Labute approximate surface area is 122 Å². The largest absolute Gasteiger partial charge is 0.494 e. The Morgan fingerprint density at radius 3 is 2.43 bits per heavy atom. The maximum atomic E-state index is 12.1. The summed E-state index contributed by atoms with van der Waals surface area (Å²) in [7, 11) is 0. The van der Waals surface area contributed by atoms with Crippen molar-refractivity contribution in [3.8, 4) is 17.0 Å². The summed E-state index contributed by atoms with van der Waals surface area (Å²) in [5, 5.41) is 10.5. The van der Waals surface area contributed by atoms with E-state index in [0.717, 1.165) is 12.8 Å². The Morgan fingerprint density at radius 1 is 1.19 bits per heavy atom. The lowest BCUT2D eigenvalue weighted by Gasteiger charge is -2.20. The molecule has 1 unspecified atom stereocenters. The third-order valence-corrected chi connectivity index (χ3v) is 3.64. The number of benzene rings is 1. The van der Waals surface area contributed by atoms with E-state index in [1.807, 2.05) is 19.9 Å². The molecule has 1 aromatic carbocycles. The van der Waals surface area contributed by atoms with Crippen LogP contribution in [0.4, 0.5) is 0 Å². The van der Waals surface area contributed by atoms with Crippen molar-refractivity contribution in [2.45, 2.75) is 39.2 Å². The van der Waals surface area contributed by atoms with Gasteiger partial charge in [-0.1, -0.05) is 50.6 Å². The van der Waals surface area contributed by atoms with Crippen molar-refractivity contribution >= 4 is 0 Å². The molecule has 2 rings (SSSR count). The SMILES string of the molecule is CCCC(CC)n1c(O)c(-c2ccccc2)c(=O)[nH]c1=O. The van der Waals surface area contributed by atoms with E-state index < -0.39 is 11.2 Å². The van der Waals surface area contributed by atoms with Crippen molar-refractivity contribution < 1.29 is 5.11 Å². The van der Waals surface area contributed by atoms with Gasteiger partial charge in [0.15, 0.2) is 0 Å². The molecule has 0 spiro atoms. The van der Waals surface area contributed by atoms with Crippen LogP contribution in [-0.4, -0.2) is 14.7 Å². The highest BCUT2D eigenvalue weighted by Crippen LogP contribution is 2.28. The molecule has 0 saturated heterocycles. The smallest absolute Gasteiger partial charge is 0.331 e. The quantitative estimate of drug-likeness (QED) is 0.888. The predicted octanol–water partition coefficient (Wildman–Crippen LogP) is 2.66. The van der Waals surface area contributed by atoms with Crippen LogP contribution in [0.25, 0.3) is 11.1 Å². The molecule has 2 N–H and O–H groups in total. The summed E-state index contributed by atoms with van der Waals surface area (Å²) in [4.78, 5) is 26.4. The Balaban J connectivity index is 2.69. The molecule has 1 aromatic heterocycles. The minimum atomic E-state index is -0.564. The molecule has 2 aromatic rings.